The number of ether oxygens (including phenoxy) is 1. The normalized spacial score (nSPS) is 11.9. The summed E-state index contributed by atoms with van der Waals surface area (Å²) >= 11 is 1.57. The van der Waals surface area contributed by atoms with E-state index in [1.807, 2.05) is 36.4 Å². The van der Waals surface area contributed by atoms with Gasteiger partial charge in [0, 0.05) is 7.11 Å². The Labute approximate surface area is 149 Å². The number of hydrogen-bond acceptors (Lipinski definition) is 6. The highest BCUT2D eigenvalue weighted by Crippen LogP contribution is 2.30. The van der Waals surface area contributed by atoms with Gasteiger partial charge in [-0.3, -0.25) is 4.79 Å². The van der Waals surface area contributed by atoms with Crippen LogP contribution in [-0.4, -0.2) is 30.6 Å². The van der Waals surface area contributed by atoms with Crippen molar-refractivity contribution >= 4 is 39.9 Å². The zero-order chi connectivity index (χ0) is 16.2. The number of nitrogens with one attached hydrogen (secondary N) is 1. The summed E-state index contributed by atoms with van der Waals surface area (Å²) in [5, 5.41) is 3.54. The summed E-state index contributed by atoms with van der Waals surface area (Å²) in [4.78, 5) is 16.3. The maximum absolute atomic E-state index is 11.7. The van der Waals surface area contributed by atoms with Crippen molar-refractivity contribution in [2.75, 3.05) is 13.7 Å². The summed E-state index contributed by atoms with van der Waals surface area (Å²) in [6, 6.07) is 10.9. The maximum atomic E-state index is 11.7. The summed E-state index contributed by atoms with van der Waals surface area (Å²) in [5.74, 6) is 1.07. The van der Waals surface area contributed by atoms with E-state index in [1.165, 1.54) is 7.11 Å². The van der Waals surface area contributed by atoms with Gasteiger partial charge < -0.3 is 20.2 Å². The number of carbonyl (C=O) groups is 1. The minimum absolute atomic E-state index is 0. The molecule has 128 valence electrons. The van der Waals surface area contributed by atoms with E-state index in [0.29, 0.717) is 11.5 Å². The standard InChI is InChI=1S/C16H17N3O3S.ClH/c1-21-9-11(17)15(20)18-8-10-6-7-13(22-10)16-19-12-4-2-3-5-14(12)23-16;/h2-7,11H,8-9,17H2,1H3,(H,18,20);1H. The molecule has 0 saturated heterocycles. The van der Waals surface area contributed by atoms with Crippen LogP contribution in [0.1, 0.15) is 5.76 Å². The predicted octanol–water partition coefficient (Wildman–Crippen LogP) is 2.57. The number of furan rings is 1. The number of nitrogens with two attached hydrogens (primary N) is 1. The van der Waals surface area contributed by atoms with Crippen molar-refractivity contribution in [3.8, 4) is 10.8 Å². The van der Waals surface area contributed by atoms with Gasteiger partial charge in [-0.15, -0.1) is 23.7 Å². The highest BCUT2D eigenvalue weighted by Gasteiger charge is 2.14. The maximum Gasteiger partial charge on any atom is 0.239 e. The number of amides is 1. The fraction of sp³-hybridized carbons (Fsp3) is 0.250. The van der Waals surface area contributed by atoms with Gasteiger partial charge >= 0.3 is 0 Å². The third-order valence-corrected chi connectivity index (χ3v) is 4.34. The molecule has 0 aliphatic rings. The summed E-state index contributed by atoms with van der Waals surface area (Å²) < 4.78 is 11.7. The lowest BCUT2D eigenvalue weighted by atomic mass is 10.3. The van der Waals surface area contributed by atoms with Crippen molar-refractivity contribution in [3.05, 3.63) is 42.2 Å². The third-order valence-electron chi connectivity index (χ3n) is 3.29. The van der Waals surface area contributed by atoms with Crippen molar-refractivity contribution in [1.29, 1.82) is 0 Å². The van der Waals surface area contributed by atoms with Crippen LogP contribution < -0.4 is 11.1 Å². The van der Waals surface area contributed by atoms with Crippen LogP contribution in [-0.2, 0) is 16.1 Å². The number of rotatable bonds is 6. The highest BCUT2D eigenvalue weighted by atomic mass is 35.5. The Morgan fingerprint density at radius 2 is 2.17 bits per heavy atom. The molecule has 0 saturated carbocycles. The molecule has 24 heavy (non-hydrogen) atoms. The molecule has 3 aromatic rings. The fourth-order valence-corrected chi connectivity index (χ4v) is 3.05. The molecule has 0 fully saturated rings. The molecule has 0 radical (unpaired) electrons. The van der Waals surface area contributed by atoms with E-state index in [2.05, 4.69) is 10.3 Å². The number of nitrogens with zero attached hydrogens (tertiary/aromatic N) is 1. The number of para-hydroxylation sites is 1. The molecule has 8 heteroatoms. The van der Waals surface area contributed by atoms with Gasteiger partial charge in [-0.2, -0.15) is 0 Å². The number of fused-ring (bicyclic) bond motifs is 1. The molecule has 0 bridgehead atoms. The highest BCUT2D eigenvalue weighted by molar-refractivity contribution is 7.21. The van der Waals surface area contributed by atoms with Crippen LogP contribution in [0.3, 0.4) is 0 Å². The molecule has 1 aromatic carbocycles. The van der Waals surface area contributed by atoms with Crippen LogP contribution >= 0.6 is 23.7 Å². The Bertz CT molecular complexity index is 785. The molecular weight excluding hydrogens is 350 g/mol. The summed E-state index contributed by atoms with van der Waals surface area (Å²) in [5.41, 5.74) is 6.60. The van der Waals surface area contributed by atoms with Gasteiger partial charge in [0.05, 0.1) is 23.4 Å². The predicted molar refractivity (Wildman–Crippen MR) is 96.3 cm³/mol. The van der Waals surface area contributed by atoms with Crippen molar-refractivity contribution in [2.24, 2.45) is 5.73 Å². The van der Waals surface area contributed by atoms with Crippen molar-refractivity contribution in [2.45, 2.75) is 12.6 Å². The van der Waals surface area contributed by atoms with Crippen LogP contribution in [0.15, 0.2) is 40.8 Å². The molecule has 0 aliphatic heterocycles. The molecule has 1 atom stereocenters. The molecule has 3 N–H and O–H groups in total. The van der Waals surface area contributed by atoms with Crippen LogP contribution in [0.25, 0.3) is 21.0 Å². The smallest absolute Gasteiger partial charge is 0.239 e. The zero-order valence-electron chi connectivity index (χ0n) is 13.0. The van der Waals surface area contributed by atoms with Crippen LogP contribution in [0, 0.1) is 0 Å². The van der Waals surface area contributed by atoms with E-state index in [4.69, 9.17) is 14.9 Å². The third kappa shape index (κ3) is 4.12. The van der Waals surface area contributed by atoms with E-state index in [9.17, 15) is 4.79 Å². The number of halogens is 1. The van der Waals surface area contributed by atoms with Gasteiger partial charge in [-0.05, 0) is 24.3 Å². The summed E-state index contributed by atoms with van der Waals surface area (Å²) in [6.45, 7) is 0.460. The lowest BCUT2D eigenvalue weighted by molar-refractivity contribution is -0.123. The van der Waals surface area contributed by atoms with Crippen molar-refractivity contribution in [1.82, 2.24) is 10.3 Å². The topological polar surface area (TPSA) is 90.4 Å². The molecule has 6 nitrogen and oxygen atoms in total. The number of carbonyl (C=O) groups excluding carboxylic acids is 1. The summed E-state index contributed by atoms with van der Waals surface area (Å²) in [6.07, 6.45) is 0. The summed E-state index contributed by atoms with van der Waals surface area (Å²) in [7, 11) is 1.50. The van der Waals surface area contributed by atoms with E-state index in [1.54, 1.807) is 11.3 Å². The van der Waals surface area contributed by atoms with Gasteiger partial charge in [0.1, 0.15) is 11.8 Å². The molecule has 1 unspecified atom stereocenters. The first-order chi connectivity index (χ1) is 11.2. The molecule has 0 spiro atoms. The van der Waals surface area contributed by atoms with Crippen LogP contribution in [0.2, 0.25) is 0 Å². The molecule has 3 rings (SSSR count). The van der Waals surface area contributed by atoms with E-state index in [0.717, 1.165) is 15.2 Å². The van der Waals surface area contributed by atoms with Gasteiger partial charge in [0.25, 0.3) is 0 Å². The number of benzene rings is 1. The van der Waals surface area contributed by atoms with Gasteiger partial charge in [0.2, 0.25) is 5.91 Å². The fourth-order valence-electron chi connectivity index (χ4n) is 2.13. The lowest BCUT2D eigenvalue weighted by Gasteiger charge is -2.09. The second kappa shape index (κ2) is 8.25. The Morgan fingerprint density at radius 1 is 1.38 bits per heavy atom. The SMILES string of the molecule is COCC(N)C(=O)NCc1ccc(-c2nc3ccccc3s2)o1.Cl. The van der Waals surface area contributed by atoms with E-state index in [-0.39, 0.29) is 31.5 Å². The average Bonchev–Trinajstić information content (AvgIpc) is 3.19. The Kier molecular flexibility index (Phi) is 6.33. The quantitative estimate of drug-likeness (QED) is 0.698. The van der Waals surface area contributed by atoms with E-state index >= 15 is 0 Å². The Hall–Kier alpha value is -1.93. The zero-order valence-corrected chi connectivity index (χ0v) is 14.7. The first-order valence-electron chi connectivity index (χ1n) is 7.14. The second-order valence-corrected chi connectivity index (χ2v) is 6.06. The van der Waals surface area contributed by atoms with Gasteiger partial charge in [-0.1, -0.05) is 12.1 Å². The monoisotopic (exact) mass is 367 g/mol. The van der Waals surface area contributed by atoms with E-state index < -0.39 is 6.04 Å². The second-order valence-electron chi connectivity index (χ2n) is 5.03. The lowest BCUT2D eigenvalue weighted by Crippen LogP contribution is -2.43. The van der Waals surface area contributed by atoms with Crippen molar-refractivity contribution in [3.63, 3.8) is 0 Å². The molecule has 1 amide bonds. The molecular formula is C16H18ClN3O3S. The molecule has 2 aromatic heterocycles. The average molecular weight is 368 g/mol. The minimum Gasteiger partial charge on any atom is -0.457 e. The number of hydrogen-bond donors (Lipinski definition) is 2. The largest absolute Gasteiger partial charge is 0.457 e. The minimum atomic E-state index is -0.682. The Balaban J connectivity index is 0.00000208. The van der Waals surface area contributed by atoms with Gasteiger partial charge in [-0.25, -0.2) is 4.98 Å². The Morgan fingerprint density at radius 3 is 2.92 bits per heavy atom. The first-order valence-corrected chi connectivity index (χ1v) is 7.96. The molecule has 2 heterocycles. The molecule has 0 aliphatic carbocycles. The number of thiazole rings is 1. The van der Waals surface area contributed by atoms with Crippen LogP contribution in [0.5, 0.6) is 0 Å². The van der Waals surface area contributed by atoms with Crippen LogP contribution in [0.4, 0.5) is 0 Å². The van der Waals surface area contributed by atoms with Gasteiger partial charge in [0.15, 0.2) is 10.8 Å². The van der Waals surface area contributed by atoms with Crippen molar-refractivity contribution < 1.29 is 13.9 Å². The first kappa shape index (κ1) is 18.4. The number of methoxy groups -OCH3 is 1. The number of aromatic nitrogens is 1.